The number of alkyl halides is 3. The van der Waals surface area contributed by atoms with Gasteiger partial charge in [-0.3, -0.25) is 4.79 Å². The van der Waals surface area contributed by atoms with Gasteiger partial charge in [-0.05, 0) is 37.1 Å². The Morgan fingerprint density at radius 1 is 1.13 bits per heavy atom. The summed E-state index contributed by atoms with van der Waals surface area (Å²) in [6.45, 7) is 0. The molecular weight excluding hydrogens is 397 g/mol. The zero-order chi connectivity index (χ0) is 21.3. The van der Waals surface area contributed by atoms with Crippen molar-refractivity contribution in [3.8, 4) is 0 Å². The molecule has 2 heterocycles. The number of rotatable bonds is 4. The second-order valence-corrected chi connectivity index (χ2v) is 7.37. The van der Waals surface area contributed by atoms with Crippen LogP contribution in [0.5, 0.6) is 0 Å². The predicted octanol–water partition coefficient (Wildman–Crippen LogP) is 3.76. The number of nitrogens with one attached hydrogen (secondary N) is 3. The molecule has 2 aromatic heterocycles. The fourth-order valence-corrected chi connectivity index (χ4v) is 3.66. The Hall–Kier alpha value is -3.14. The average Bonchev–Trinajstić information content (AvgIpc) is 2.69. The lowest BCUT2D eigenvalue weighted by molar-refractivity contribution is -0.137. The van der Waals surface area contributed by atoms with Crippen molar-refractivity contribution in [2.24, 2.45) is 5.73 Å². The van der Waals surface area contributed by atoms with Gasteiger partial charge in [-0.2, -0.15) is 18.2 Å². The molecule has 10 heteroatoms. The van der Waals surface area contributed by atoms with Crippen molar-refractivity contribution < 1.29 is 13.2 Å². The topological polar surface area (TPSA) is 109 Å². The van der Waals surface area contributed by atoms with Crippen LogP contribution in [0.15, 0.2) is 41.3 Å². The highest BCUT2D eigenvalue weighted by Gasteiger charge is 2.30. The van der Waals surface area contributed by atoms with Gasteiger partial charge in [-0.25, -0.2) is 4.98 Å². The standard InChI is InChI=1S/C20H21F3N6O/c21-20(22,23)11-4-3-5-12(10-11)26-17-16-15(8-9-25-18(16)30)28-19(29-17)27-14-7-2-1-6-13(14)24/h3-5,8-10,13-14H,1-2,6-7,24H2,(H,25,30)(H2,26,27,28,29)/t13-,14+/m0/s1. The van der Waals surface area contributed by atoms with E-state index in [-0.39, 0.29) is 34.9 Å². The molecule has 1 aliphatic carbocycles. The molecule has 1 aromatic carbocycles. The van der Waals surface area contributed by atoms with Crippen molar-refractivity contribution >= 4 is 28.4 Å². The number of fused-ring (bicyclic) bond motifs is 1. The van der Waals surface area contributed by atoms with E-state index in [1.165, 1.54) is 18.3 Å². The van der Waals surface area contributed by atoms with Crippen molar-refractivity contribution in [3.05, 3.63) is 52.4 Å². The van der Waals surface area contributed by atoms with Crippen LogP contribution in [0.4, 0.5) is 30.6 Å². The van der Waals surface area contributed by atoms with Crippen LogP contribution in [0.2, 0.25) is 0 Å². The second-order valence-electron chi connectivity index (χ2n) is 7.37. The van der Waals surface area contributed by atoms with E-state index in [0.717, 1.165) is 37.8 Å². The fraction of sp³-hybridized carbons (Fsp3) is 0.350. The van der Waals surface area contributed by atoms with Gasteiger partial charge in [-0.1, -0.05) is 18.9 Å². The Morgan fingerprint density at radius 2 is 1.93 bits per heavy atom. The summed E-state index contributed by atoms with van der Waals surface area (Å²) in [5.74, 6) is 0.387. The molecule has 0 bridgehead atoms. The summed E-state index contributed by atoms with van der Waals surface area (Å²) in [6.07, 6.45) is 0.840. The van der Waals surface area contributed by atoms with E-state index in [2.05, 4.69) is 25.6 Å². The van der Waals surface area contributed by atoms with Crippen LogP contribution < -0.4 is 21.9 Å². The van der Waals surface area contributed by atoms with Crippen LogP contribution >= 0.6 is 0 Å². The van der Waals surface area contributed by atoms with Gasteiger partial charge in [-0.15, -0.1) is 0 Å². The molecule has 0 radical (unpaired) electrons. The number of nitrogens with two attached hydrogens (primary N) is 1. The number of aromatic amines is 1. The van der Waals surface area contributed by atoms with E-state index in [0.29, 0.717) is 5.52 Å². The van der Waals surface area contributed by atoms with E-state index >= 15 is 0 Å². The maximum atomic E-state index is 13.1. The van der Waals surface area contributed by atoms with Gasteiger partial charge in [0.25, 0.3) is 5.56 Å². The minimum Gasteiger partial charge on any atom is -0.350 e. The zero-order valence-corrected chi connectivity index (χ0v) is 16.0. The number of benzene rings is 1. The van der Waals surface area contributed by atoms with E-state index in [9.17, 15) is 18.0 Å². The van der Waals surface area contributed by atoms with Crippen molar-refractivity contribution in [3.63, 3.8) is 0 Å². The molecule has 0 unspecified atom stereocenters. The Kier molecular flexibility index (Phi) is 5.33. The molecule has 1 fully saturated rings. The lowest BCUT2D eigenvalue weighted by Crippen LogP contribution is -2.43. The predicted molar refractivity (Wildman–Crippen MR) is 109 cm³/mol. The first-order valence-corrected chi connectivity index (χ1v) is 9.67. The Bertz CT molecular complexity index is 1110. The van der Waals surface area contributed by atoms with Gasteiger partial charge in [0.05, 0.1) is 11.1 Å². The summed E-state index contributed by atoms with van der Waals surface area (Å²) in [4.78, 5) is 23.7. The van der Waals surface area contributed by atoms with Crippen LogP contribution in [-0.2, 0) is 6.18 Å². The first kappa shape index (κ1) is 20.1. The van der Waals surface area contributed by atoms with E-state index in [1.807, 2.05) is 0 Å². The summed E-state index contributed by atoms with van der Waals surface area (Å²) in [6, 6.07) is 6.27. The van der Waals surface area contributed by atoms with Crippen molar-refractivity contribution in [2.45, 2.75) is 43.9 Å². The molecule has 7 nitrogen and oxygen atoms in total. The van der Waals surface area contributed by atoms with Crippen LogP contribution in [0.3, 0.4) is 0 Å². The highest BCUT2D eigenvalue weighted by Crippen LogP contribution is 2.32. The quantitative estimate of drug-likeness (QED) is 0.514. The fourth-order valence-electron chi connectivity index (χ4n) is 3.66. The maximum Gasteiger partial charge on any atom is 0.416 e. The molecule has 30 heavy (non-hydrogen) atoms. The SMILES string of the molecule is N[C@H]1CCCC[C@H]1Nc1nc(Nc2cccc(C(F)(F)F)c2)c2c(=O)[nH]ccc2n1. The largest absolute Gasteiger partial charge is 0.416 e. The third-order valence-corrected chi connectivity index (χ3v) is 5.21. The molecule has 2 atom stereocenters. The number of pyridine rings is 1. The number of nitrogens with zero attached hydrogens (tertiary/aromatic N) is 2. The minimum absolute atomic E-state index is 0.0143. The molecule has 1 aliphatic rings. The number of H-pyrrole nitrogens is 1. The number of hydrogen-bond donors (Lipinski definition) is 4. The molecule has 0 spiro atoms. The van der Waals surface area contributed by atoms with E-state index in [4.69, 9.17) is 5.73 Å². The molecule has 1 saturated carbocycles. The minimum atomic E-state index is -4.48. The number of aromatic nitrogens is 3. The van der Waals surface area contributed by atoms with Crippen molar-refractivity contribution in [2.75, 3.05) is 10.6 Å². The number of hydrogen-bond acceptors (Lipinski definition) is 6. The Labute approximate surface area is 169 Å². The third-order valence-electron chi connectivity index (χ3n) is 5.21. The molecule has 3 aromatic rings. The summed E-state index contributed by atoms with van der Waals surface area (Å²) in [5, 5.41) is 6.23. The van der Waals surface area contributed by atoms with Gasteiger partial charge >= 0.3 is 6.18 Å². The number of halogens is 3. The molecule has 158 valence electrons. The normalized spacial score (nSPS) is 19.6. The second kappa shape index (κ2) is 7.94. The lowest BCUT2D eigenvalue weighted by atomic mass is 9.91. The summed E-state index contributed by atoms with van der Waals surface area (Å²) >= 11 is 0. The first-order valence-electron chi connectivity index (χ1n) is 9.67. The van der Waals surface area contributed by atoms with Gasteiger partial charge in [0.2, 0.25) is 5.95 Å². The lowest BCUT2D eigenvalue weighted by Gasteiger charge is -2.29. The molecule has 4 rings (SSSR count). The van der Waals surface area contributed by atoms with E-state index < -0.39 is 17.3 Å². The van der Waals surface area contributed by atoms with Crippen LogP contribution in [0, 0.1) is 0 Å². The van der Waals surface area contributed by atoms with Crippen LogP contribution in [-0.4, -0.2) is 27.0 Å². The van der Waals surface area contributed by atoms with Gasteiger partial charge in [0.15, 0.2) is 0 Å². The first-order chi connectivity index (χ1) is 14.3. The molecule has 0 saturated heterocycles. The van der Waals surface area contributed by atoms with Gasteiger partial charge in [0, 0.05) is 24.0 Å². The average molecular weight is 418 g/mol. The Balaban J connectivity index is 1.73. The van der Waals surface area contributed by atoms with Crippen molar-refractivity contribution in [1.29, 1.82) is 0 Å². The monoisotopic (exact) mass is 418 g/mol. The van der Waals surface area contributed by atoms with E-state index in [1.54, 1.807) is 6.07 Å². The van der Waals surface area contributed by atoms with Gasteiger partial charge in [0.1, 0.15) is 11.2 Å². The number of anilines is 3. The highest BCUT2D eigenvalue weighted by molar-refractivity contribution is 5.90. The molecule has 5 N–H and O–H groups in total. The van der Waals surface area contributed by atoms with Crippen molar-refractivity contribution in [1.82, 2.24) is 15.0 Å². The molecule has 0 amide bonds. The molecule has 0 aliphatic heterocycles. The van der Waals surface area contributed by atoms with Crippen LogP contribution in [0.25, 0.3) is 10.9 Å². The summed E-state index contributed by atoms with van der Waals surface area (Å²) in [7, 11) is 0. The third kappa shape index (κ3) is 4.23. The van der Waals surface area contributed by atoms with Crippen LogP contribution in [0.1, 0.15) is 31.2 Å². The maximum absolute atomic E-state index is 13.1. The smallest absolute Gasteiger partial charge is 0.350 e. The Morgan fingerprint density at radius 3 is 2.70 bits per heavy atom. The van der Waals surface area contributed by atoms with Gasteiger partial charge < -0.3 is 21.4 Å². The summed E-state index contributed by atoms with van der Waals surface area (Å²) < 4.78 is 39.2. The summed E-state index contributed by atoms with van der Waals surface area (Å²) in [5.41, 5.74) is 5.48. The zero-order valence-electron chi connectivity index (χ0n) is 16.0. The molecular formula is C20H21F3N6O. The highest BCUT2D eigenvalue weighted by atomic mass is 19.4.